The molecular weight excluding hydrogens is 691 g/mol. The maximum Gasteiger partial charge on any atom is 0.309 e. The number of nitrogen functional groups attached to an aromatic ring is 1. The number of aromatic nitrogens is 2. The van der Waals surface area contributed by atoms with Crippen LogP contribution >= 0.6 is 0 Å². The van der Waals surface area contributed by atoms with E-state index in [1.165, 1.54) is 19.3 Å². The second-order valence-corrected chi connectivity index (χ2v) is 17.4. The van der Waals surface area contributed by atoms with E-state index in [0.29, 0.717) is 43.8 Å². The molecule has 0 spiro atoms. The molecule has 3 aromatic rings. The fourth-order valence-corrected chi connectivity index (χ4v) is 10.5. The first-order valence-electron chi connectivity index (χ1n) is 21.2. The number of phenols is 1. The van der Waals surface area contributed by atoms with Crippen molar-refractivity contribution in [2.75, 3.05) is 5.73 Å². The van der Waals surface area contributed by atoms with Crippen molar-refractivity contribution < 1.29 is 30.3 Å². The van der Waals surface area contributed by atoms with E-state index in [1.807, 2.05) is 30.5 Å². The molecule has 0 radical (unpaired) electrons. The first-order valence-corrected chi connectivity index (χ1v) is 21.2. The number of pyridine rings is 1. The highest BCUT2D eigenvalue weighted by Gasteiger charge is 2.57. The Balaban J connectivity index is 1.07. The van der Waals surface area contributed by atoms with Crippen LogP contribution in [0.4, 0.5) is 5.82 Å². The van der Waals surface area contributed by atoms with Gasteiger partial charge in [-0.05, 0) is 147 Å². The third kappa shape index (κ3) is 10.6. The number of nitrogens with two attached hydrogens (primary N) is 1. The molecule has 8 N–H and O–H groups in total. The summed E-state index contributed by atoms with van der Waals surface area (Å²) in [5.41, 5.74) is 9.38. The Morgan fingerprint density at radius 2 is 1.76 bits per heavy atom. The van der Waals surface area contributed by atoms with Crippen molar-refractivity contribution >= 4 is 11.8 Å². The second kappa shape index (κ2) is 19.0. The average Bonchev–Trinajstić information content (AvgIpc) is 3.71. The summed E-state index contributed by atoms with van der Waals surface area (Å²) in [5, 5.41) is 55.3. The van der Waals surface area contributed by atoms with Crippen LogP contribution in [0.3, 0.4) is 0 Å². The lowest BCUT2D eigenvalue weighted by molar-refractivity contribution is -0.152. The van der Waals surface area contributed by atoms with Crippen LogP contribution < -0.4 is 5.73 Å². The number of anilines is 1. The minimum atomic E-state index is -1.04. The smallest absolute Gasteiger partial charge is 0.309 e. The van der Waals surface area contributed by atoms with Gasteiger partial charge in [-0.1, -0.05) is 69.7 Å². The number of H-pyrrole nitrogens is 1. The van der Waals surface area contributed by atoms with E-state index in [2.05, 4.69) is 35.1 Å². The summed E-state index contributed by atoms with van der Waals surface area (Å²) in [4.78, 5) is 20.2. The minimum absolute atomic E-state index is 0.0286. The van der Waals surface area contributed by atoms with E-state index in [-0.39, 0.29) is 41.4 Å². The number of aliphatic hydroxyl groups excluding tert-OH is 2. The van der Waals surface area contributed by atoms with Gasteiger partial charge in [0.2, 0.25) is 0 Å². The minimum Gasteiger partial charge on any atom is -0.508 e. The third-order valence-corrected chi connectivity index (χ3v) is 13.5. The molecule has 9 nitrogen and oxygen atoms in total. The number of aromatic amines is 1. The summed E-state index contributed by atoms with van der Waals surface area (Å²) in [7, 11) is 0. The molecule has 55 heavy (non-hydrogen) atoms. The topological polar surface area (TPSA) is 173 Å². The van der Waals surface area contributed by atoms with Crippen LogP contribution in [0.1, 0.15) is 119 Å². The third-order valence-electron chi connectivity index (χ3n) is 13.5. The van der Waals surface area contributed by atoms with Crippen molar-refractivity contribution in [3.8, 4) is 5.75 Å². The lowest BCUT2D eigenvalue weighted by Gasteiger charge is -2.45. The Morgan fingerprint density at radius 1 is 0.964 bits per heavy atom. The van der Waals surface area contributed by atoms with Crippen LogP contribution in [-0.2, 0) is 24.1 Å². The zero-order valence-electron chi connectivity index (χ0n) is 32.7. The molecule has 0 aliphatic heterocycles. The predicted octanol–water partition coefficient (Wildman–Crippen LogP) is 8.00. The molecule has 0 bridgehead atoms. The summed E-state index contributed by atoms with van der Waals surface area (Å²) in [6, 6.07) is 13.3. The van der Waals surface area contributed by atoms with E-state index in [9.17, 15) is 30.3 Å². The van der Waals surface area contributed by atoms with E-state index in [1.54, 1.807) is 18.3 Å². The molecule has 0 saturated heterocycles. The predicted molar refractivity (Wildman–Crippen MR) is 216 cm³/mol. The highest BCUT2D eigenvalue weighted by molar-refractivity contribution is 5.70. The maximum absolute atomic E-state index is 12.7. The number of rotatable bonds is 19. The zero-order valence-corrected chi connectivity index (χ0v) is 32.7. The molecule has 2 aromatic heterocycles. The van der Waals surface area contributed by atoms with Crippen molar-refractivity contribution in [2.24, 2.45) is 41.4 Å². The molecule has 6 rings (SSSR count). The van der Waals surface area contributed by atoms with Gasteiger partial charge in [-0.15, -0.1) is 0 Å². The van der Waals surface area contributed by atoms with Crippen molar-refractivity contribution in [3.63, 3.8) is 0 Å². The van der Waals surface area contributed by atoms with E-state index in [4.69, 9.17) is 5.73 Å². The number of hydrogen-bond donors (Lipinski definition) is 7. The Bertz CT molecular complexity index is 1690. The monoisotopic (exact) mass is 755 g/mol. The molecule has 0 amide bonds. The highest BCUT2D eigenvalue weighted by atomic mass is 16.4. The van der Waals surface area contributed by atoms with Gasteiger partial charge < -0.3 is 36.3 Å². The number of carboxylic acid groups (broad SMARTS) is 1. The first-order chi connectivity index (χ1) is 26.5. The first kappa shape index (κ1) is 41.0. The van der Waals surface area contributed by atoms with E-state index in [0.717, 1.165) is 80.2 Å². The molecule has 0 unspecified atom stereocenters. The van der Waals surface area contributed by atoms with Gasteiger partial charge in [-0.2, -0.15) is 0 Å². The number of nitrogens with zero attached hydrogens (tertiary/aromatic N) is 1. The lowest BCUT2D eigenvalue weighted by atomic mass is 9.64. The summed E-state index contributed by atoms with van der Waals surface area (Å²) in [5.74, 6) is -0.600. The number of aliphatic hydroxyl groups is 3. The summed E-state index contributed by atoms with van der Waals surface area (Å²) >= 11 is 0. The van der Waals surface area contributed by atoms with E-state index < -0.39 is 23.6 Å². The van der Waals surface area contributed by atoms with Gasteiger partial charge in [-0.25, -0.2) is 4.98 Å². The number of carbonyl (C=O) groups is 1. The quantitative estimate of drug-likeness (QED) is 0.0476. The van der Waals surface area contributed by atoms with Crippen LogP contribution in [0.5, 0.6) is 5.75 Å². The van der Waals surface area contributed by atoms with Gasteiger partial charge in [0.15, 0.2) is 0 Å². The number of fused-ring (bicyclic) bond motifs is 1. The number of hydrogen-bond acceptors (Lipinski definition) is 7. The molecule has 3 aliphatic rings. The summed E-state index contributed by atoms with van der Waals surface area (Å²) in [6.45, 7) is 2.21. The fraction of sp³-hybridized carbons (Fsp3) is 0.609. The van der Waals surface area contributed by atoms with Gasteiger partial charge in [-0.3, -0.25) is 4.79 Å². The number of aliphatic carboxylic acids is 1. The Kier molecular flexibility index (Phi) is 14.1. The maximum atomic E-state index is 12.7. The summed E-state index contributed by atoms with van der Waals surface area (Å²) in [6.07, 6.45) is 21.1. The Hall–Kier alpha value is -3.66. The molecule has 2 fully saturated rings. The second-order valence-electron chi connectivity index (χ2n) is 17.4. The van der Waals surface area contributed by atoms with Crippen LogP contribution in [0.25, 0.3) is 0 Å². The zero-order chi connectivity index (χ0) is 39.0. The fourth-order valence-electron chi connectivity index (χ4n) is 10.5. The average molecular weight is 756 g/mol. The molecule has 1 aromatic carbocycles. The van der Waals surface area contributed by atoms with Crippen LogP contribution in [0.2, 0.25) is 0 Å². The standard InChI is InChI=1S/C46H65N3O6/c1-2-3-5-8-30-11-14-34(42(51)24-30)9-6-4-7-10-40(45(53)54)44(52)35-15-18-41-36(22-32-19-20-48-43(47)25-32)26-37(46(41,55)28-35)27-38-23-33(29-49-38)21-31-12-16-39(50)17-13-31/h11-14,16-17,19-20,23,25,29-30,34-37,40-42,44,49-52,55H,2-10,15,18,21-22,24,26-28H2,1H3,(H2,47,48)(H,53,54)/t30-,34-,35+,36+,37-,40+,41-,42-,44-,46-/m1/s1. The molecule has 10 atom stereocenters. The van der Waals surface area contributed by atoms with Gasteiger partial charge in [0.1, 0.15) is 11.6 Å². The van der Waals surface area contributed by atoms with Crippen LogP contribution in [-0.4, -0.2) is 59.3 Å². The largest absolute Gasteiger partial charge is 0.508 e. The Morgan fingerprint density at radius 3 is 2.51 bits per heavy atom. The summed E-state index contributed by atoms with van der Waals surface area (Å²) < 4.78 is 0. The Labute approximate surface area is 327 Å². The molecular formula is C46H65N3O6. The van der Waals surface area contributed by atoms with Gasteiger partial charge >= 0.3 is 5.97 Å². The molecule has 3 aliphatic carbocycles. The number of allylic oxidation sites excluding steroid dienone is 1. The van der Waals surface area contributed by atoms with Crippen molar-refractivity contribution in [1.29, 1.82) is 0 Å². The van der Waals surface area contributed by atoms with Crippen molar-refractivity contribution in [1.82, 2.24) is 9.97 Å². The highest BCUT2D eigenvalue weighted by Crippen LogP contribution is 2.56. The van der Waals surface area contributed by atoms with E-state index >= 15 is 0 Å². The van der Waals surface area contributed by atoms with Crippen molar-refractivity contribution in [3.05, 3.63) is 89.4 Å². The van der Waals surface area contributed by atoms with Gasteiger partial charge in [0, 0.05) is 24.0 Å². The van der Waals surface area contributed by atoms with Gasteiger partial charge in [0.25, 0.3) is 0 Å². The van der Waals surface area contributed by atoms with Crippen molar-refractivity contribution in [2.45, 2.75) is 134 Å². The molecule has 2 saturated carbocycles. The lowest BCUT2D eigenvalue weighted by Crippen LogP contribution is -2.50. The number of benzene rings is 1. The number of phenolic OH excluding ortho intramolecular Hbond substituents is 1. The van der Waals surface area contributed by atoms with Crippen LogP contribution in [0.15, 0.2) is 67.0 Å². The number of carboxylic acids is 1. The molecule has 2 heterocycles. The number of aromatic hydroxyl groups is 1. The van der Waals surface area contributed by atoms with Crippen LogP contribution in [0, 0.1) is 41.4 Å². The number of nitrogens with one attached hydrogen (secondary N) is 1. The SMILES string of the molecule is CCCCC[C@@H]1C=C[C@@H](CCCCC[C@H](C(=O)O)[C@H](O)[C@H]2CC[C@@H]3[C@@H](Cc4ccnc(N)c4)C[C@H](Cc4cc(Cc5ccc(O)cc5)c[nH]4)[C@]3(O)C2)[C@H](O)C1. The number of unbranched alkanes of at least 4 members (excludes halogenated alkanes) is 4. The molecule has 9 heteroatoms. The molecule has 300 valence electrons. The van der Waals surface area contributed by atoms with Gasteiger partial charge in [0.05, 0.1) is 23.7 Å². The normalized spacial score (nSPS) is 28.8.